The summed E-state index contributed by atoms with van der Waals surface area (Å²) in [6, 6.07) is 25.1. The molecule has 3 aromatic carbocycles. The van der Waals surface area contributed by atoms with Crippen molar-refractivity contribution in [3.63, 3.8) is 0 Å². The first kappa shape index (κ1) is 19.6. The van der Waals surface area contributed by atoms with E-state index in [0.29, 0.717) is 5.92 Å². The van der Waals surface area contributed by atoms with Gasteiger partial charge in [0.2, 0.25) is 0 Å². The van der Waals surface area contributed by atoms with Crippen LogP contribution >= 0.6 is 0 Å². The maximum Gasteiger partial charge on any atom is 0.255 e. The molecule has 0 unspecified atom stereocenters. The molecule has 0 saturated carbocycles. The summed E-state index contributed by atoms with van der Waals surface area (Å²) < 4.78 is 0. The maximum absolute atomic E-state index is 13.5. The van der Waals surface area contributed by atoms with Gasteiger partial charge in [0, 0.05) is 28.6 Å². The van der Waals surface area contributed by atoms with Gasteiger partial charge in [0.15, 0.2) is 0 Å². The Morgan fingerprint density at radius 3 is 2.42 bits per heavy atom. The smallest absolute Gasteiger partial charge is 0.255 e. The molecule has 0 saturated heterocycles. The fourth-order valence-electron chi connectivity index (χ4n) is 4.70. The fourth-order valence-corrected chi connectivity index (χ4v) is 4.70. The Morgan fingerprint density at radius 1 is 0.935 bits per heavy atom. The van der Waals surface area contributed by atoms with Gasteiger partial charge in [-0.15, -0.1) is 0 Å². The lowest BCUT2D eigenvalue weighted by molar-refractivity contribution is 0.0743. The second-order valence-electron chi connectivity index (χ2n) is 9.00. The molecule has 1 amide bonds. The second kappa shape index (κ2) is 7.73. The summed E-state index contributed by atoms with van der Waals surface area (Å²) in [5, 5.41) is 1.18. The number of aromatic nitrogens is 1. The molecule has 1 N–H and O–H groups in total. The van der Waals surface area contributed by atoms with Crippen LogP contribution in [0.4, 0.5) is 0 Å². The fraction of sp³-hybridized carbons (Fsp3) is 0.250. The summed E-state index contributed by atoms with van der Waals surface area (Å²) >= 11 is 0. The summed E-state index contributed by atoms with van der Waals surface area (Å²) in [4.78, 5) is 19.2. The molecule has 1 aliphatic rings. The van der Waals surface area contributed by atoms with Crippen LogP contribution in [0.2, 0.25) is 0 Å². The van der Waals surface area contributed by atoms with Crippen LogP contribution in [0.15, 0.2) is 72.8 Å². The Morgan fingerprint density at radius 2 is 1.65 bits per heavy atom. The molecule has 5 rings (SSSR count). The van der Waals surface area contributed by atoms with Crippen LogP contribution in [0.3, 0.4) is 0 Å². The number of carbonyl (C=O) groups is 1. The van der Waals surface area contributed by atoms with E-state index in [0.717, 1.165) is 40.9 Å². The lowest BCUT2D eigenvalue weighted by Gasteiger charge is -2.27. The van der Waals surface area contributed by atoms with Crippen molar-refractivity contribution in [2.75, 3.05) is 6.54 Å². The summed E-state index contributed by atoms with van der Waals surface area (Å²) in [5.41, 5.74) is 7.73. The molecule has 0 radical (unpaired) electrons. The van der Waals surface area contributed by atoms with Crippen molar-refractivity contribution in [3.8, 4) is 11.3 Å². The van der Waals surface area contributed by atoms with Crippen molar-refractivity contribution in [3.05, 3.63) is 95.1 Å². The number of rotatable bonds is 5. The Bertz CT molecular complexity index is 1250. The van der Waals surface area contributed by atoms with Crippen molar-refractivity contribution < 1.29 is 4.79 Å². The minimum atomic E-state index is -0.0881. The largest absolute Gasteiger partial charge is 0.354 e. The topological polar surface area (TPSA) is 36.1 Å². The van der Waals surface area contributed by atoms with Gasteiger partial charge in [-0.2, -0.15) is 0 Å². The quantitative estimate of drug-likeness (QED) is 0.390. The monoisotopic (exact) mass is 408 g/mol. The van der Waals surface area contributed by atoms with Crippen molar-refractivity contribution in [2.24, 2.45) is 5.92 Å². The first-order chi connectivity index (χ1) is 15.0. The summed E-state index contributed by atoms with van der Waals surface area (Å²) in [7, 11) is 0. The predicted octanol–water partition coefficient (Wildman–Crippen LogP) is 6.73. The van der Waals surface area contributed by atoms with Gasteiger partial charge in [0.1, 0.15) is 0 Å². The molecule has 1 aliphatic heterocycles. The van der Waals surface area contributed by atoms with Crippen LogP contribution in [-0.4, -0.2) is 22.3 Å². The number of hydrogen-bond acceptors (Lipinski definition) is 1. The molecule has 0 fully saturated rings. The minimum absolute atomic E-state index is 0.0881. The number of aromatic amines is 1. The molecule has 3 heteroatoms. The third-order valence-corrected chi connectivity index (χ3v) is 6.37. The summed E-state index contributed by atoms with van der Waals surface area (Å²) in [6.45, 7) is 7.29. The van der Waals surface area contributed by atoms with Crippen LogP contribution in [0.5, 0.6) is 0 Å². The SMILES string of the molecule is Cc1ccc(-c2[nH]c3ccccc3c2[C@@H]2c3ccccc3C(=O)N2CCC(C)C)cc1. The number of aryl methyl sites for hydroxylation is 1. The van der Waals surface area contributed by atoms with Gasteiger partial charge in [-0.05, 0) is 42.5 Å². The van der Waals surface area contributed by atoms with Gasteiger partial charge in [-0.3, -0.25) is 4.79 Å². The molecule has 0 spiro atoms. The Labute approximate surface area is 183 Å². The van der Waals surface area contributed by atoms with Gasteiger partial charge in [0.05, 0.1) is 11.7 Å². The Balaban J connectivity index is 1.75. The molecule has 0 aliphatic carbocycles. The Hall–Kier alpha value is -3.33. The van der Waals surface area contributed by atoms with Crippen molar-refractivity contribution in [1.82, 2.24) is 9.88 Å². The Kier molecular flexibility index (Phi) is 4.90. The second-order valence-corrected chi connectivity index (χ2v) is 9.00. The standard InChI is InChI=1S/C28H28N2O/c1-18(2)16-17-30-27(21-8-4-5-9-22(21)28(30)31)25-23-10-6-7-11-24(23)29-26(25)20-14-12-19(3)13-15-20/h4-15,18,27,29H,16-17H2,1-3H3/t27-/m0/s1. The maximum atomic E-state index is 13.5. The lowest BCUT2D eigenvalue weighted by Crippen LogP contribution is -2.30. The molecular formula is C28H28N2O. The van der Waals surface area contributed by atoms with Crippen molar-refractivity contribution in [1.29, 1.82) is 0 Å². The van der Waals surface area contributed by atoms with E-state index in [4.69, 9.17) is 0 Å². The molecule has 31 heavy (non-hydrogen) atoms. The summed E-state index contributed by atoms with van der Waals surface area (Å²) in [5.74, 6) is 0.679. The highest BCUT2D eigenvalue weighted by Gasteiger charge is 2.39. The van der Waals surface area contributed by atoms with Gasteiger partial charge in [0.25, 0.3) is 5.91 Å². The molecule has 1 atom stereocenters. The number of amides is 1. The van der Waals surface area contributed by atoms with E-state index < -0.39 is 0 Å². The average molecular weight is 409 g/mol. The van der Waals surface area contributed by atoms with Crippen molar-refractivity contribution in [2.45, 2.75) is 33.2 Å². The number of carbonyl (C=O) groups excluding carboxylic acids is 1. The van der Waals surface area contributed by atoms with Crippen LogP contribution in [0, 0.1) is 12.8 Å². The predicted molar refractivity (Wildman–Crippen MR) is 127 cm³/mol. The average Bonchev–Trinajstić information content (AvgIpc) is 3.28. The number of H-pyrrole nitrogens is 1. The number of nitrogens with one attached hydrogen (secondary N) is 1. The van der Waals surface area contributed by atoms with E-state index in [2.05, 4.69) is 85.3 Å². The van der Waals surface area contributed by atoms with E-state index in [1.807, 2.05) is 18.2 Å². The molecule has 4 aromatic rings. The van der Waals surface area contributed by atoms with Crippen molar-refractivity contribution >= 4 is 16.8 Å². The zero-order valence-electron chi connectivity index (χ0n) is 18.4. The zero-order valence-corrected chi connectivity index (χ0v) is 18.4. The highest BCUT2D eigenvalue weighted by molar-refractivity contribution is 6.02. The minimum Gasteiger partial charge on any atom is -0.354 e. The number of fused-ring (bicyclic) bond motifs is 2. The molecular weight excluding hydrogens is 380 g/mol. The first-order valence-corrected chi connectivity index (χ1v) is 11.1. The first-order valence-electron chi connectivity index (χ1n) is 11.1. The van der Waals surface area contributed by atoms with Gasteiger partial charge in [-0.25, -0.2) is 0 Å². The van der Waals surface area contributed by atoms with E-state index >= 15 is 0 Å². The highest BCUT2D eigenvalue weighted by Crippen LogP contribution is 2.45. The number of para-hydroxylation sites is 1. The van der Waals surface area contributed by atoms with Gasteiger partial charge in [-0.1, -0.05) is 80.1 Å². The number of hydrogen-bond donors (Lipinski definition) is 1. The third-order valence-electron chi connectivity index (χ3n) is 6.37. The van der Waals surface area contributed by atoms with E-state index in [1.165, 1.54) is 16.5 Å². The third kappa shape index (κ3) is 3.34. The molecule has 3 nitrogen and oxygen atoms in total. The van der Waals surface area contributed by atoms with E-state index in [9.17, 15) is 4.79 Å². The molecule has 2 heterocycles. The van der Waals surface area contributed by atoms with Crippen LogP contribution in [-0.2, 0) is 0 Å². The zero-order chi connectivity index (χ0) is 21.5. The van der Waals surface area contributed by atoms with Crippen LogP contribution in [0.25, 0.3) is 22.2 Å². The molecule has 1 aromatic heterocycles. The highest BCUT2D eigenvalue weighted by atomic mass is 16.2. The number of nitrogens with zero attached hydrogens (tertiary/aromatic N) is 1. The van der Waals surface area contributed by atoms with Crippen LogP contribution in [0.1, 0.15) is 53.4 Å². The van der Waals surface area contributed by atoms with Crippen LogP contribution < -0.4 is 0 Å². The summed E-state index contributed by atoms with van der Waals surface area (Å²) in [6.07, 6.45) is 0.985. The molecule has 0 bridgehead atoms. The number of benzene rings is 3. The van der Waals surface area contributed by atoms with E-state index in [1.54, 1.807) is 0 Å². The molecule has 156 valence electrons. The lowest BCUT2D eigenvalue weighted by atomic mass is 9.93. The van der Waals surface area contributed by atoms with Gasteiger partial charge < -0.3 is 9.88 Å². The van der Waals surface area contributed by atoms with Gasteiger partial charge >= 0.3 is 0 Å². The normalized spacial score (nSPS) is 15.8. The van der Waals surface area contributed by atoms with E-state index in [-0.39, 0.29) is 11.9 Å².